The van der Waals surface area contributed by atoms with Crippen LogP contribution in [0.15, 0.2) is 0 Å². The average Bonchev–Trinajstić information content (AvgIpc) is 2.00. The minimum Gasteiger partial charge on any atom is -0.312 e. The van der Waals surface area contributed by atoms with Crippen LogP contribution in [-0.4, -0.2) is 12.6 Å². The first-order valence-corrected chi connectivity index (χ1v) is 5.59. The lowest BCUT2D eigenvalue weighted by molar-refractivity contribution is 0.161. The lowest BCUT2D eigenvalue weighted by Crippen LogP contribution is -2.46. The molecule has 1 N–H and O–H groups in total. The summed E-state index contributed by atoms with van der Waals surface area (Å²) in [5, 5.41) is 12.3. The third-order valence-corrected chi connectivity index (χ3v) is 3.25. The van der Waals surface area contributed by atoms with Crippen LogP contribution in [0.1, 0.15) is 40.5 Å². The molecule has 0 amide bonds. The average molecular weight is 194 g/mol. The third-order valence-electron chi connectivity index (χ3n) is 3.25. The zero-order valence-corrected chi connectivity index (χ0v) is 9.80. The minimum absolute atomic E-state index is 0.219. The molecule has 1 saturated carbocycles. The van der Waals surface area contributed by atoms with Gasteiger partial charge in [-0.2, -0.15) is 5.26 Å². The number of nitriles is 1. The predicted molar refractivity (Wildman–Crippen MR) is 58.7 cm³/mol. The van der Waals surface area contributed by atoms with E-state index in [2.05, 4.69) is 25.2 Å². The highest BCUT2D eigenvalue weighted by Crippen LogP contribution is 2.33. The molecule has 0 aromatic heterocycles. The zero-order chi connectivity index (χ0) is 10.8. The first-order chi connectivity index (χ1) is 6.44. The fourth-order valence-electron chi connectivity index (χ4n) is 1.81. The molecule has 0 aromatic rings. The van der Waals surface area contributed by atoms with Crippen LogP contribution in [0.3, 0.4) is 0 Å². The van der Waals surface area contributed by atoms with Crippen molar-refractivity contribution in [2.75, 3.05) is 6.54 Å². The van der Waals surface area contributed by atoms with Gasteiger partial charge in [0, 0.05) is 12.6 Å². The summed E-state index contributed by atoms with van der Waals surface area (Å²) in [6.45, 7) is 9.37. The van der Waals surface area contributed by atoms with Gasteiger partial charge in [0.1, 0.15) is 0 Å². The third kappa shape index (κ3) is 2.99. The van der Waals surface area contributed by atoms with Gasteiger partial charge < -0.3 is 5.32 Å². The molecular formula is C12H22N2. The summed E-state index contributed by atoms with van der Waals surface area (Å²) in [7, 11) is 0. The Hall–Kier alpha value is -0.550. The molecular weight excluding hydrogens is 172 g/mol. The van der Waals surface area contributed by atoms with E-state index in [0.717, 1.165) is 18.4 Å². The second-order valence-corrected chi connectivity index (χ2v) is 5.55. The van der Waals surface area contributed by atoms with Gasteiger partial charge in [-0.25, -0.2) is 0 Å². The van der Waals surface area contributed by atoms with Crippen molar-refractivity contribution < 1.29 is 0 Å². The molecule has 0 aromatic carbocycles. The molecule has 0 heterocycles. The molecule has 1 aliphatic rings. The molecule has 1 aliphatic carbocycles. The van der Waals surface area contributed by atoms with E-state index in [1.807, 2.05) is 13.8 Å². The molecule has 1 fully saturated rings. The highest BCUT2D eigenvalue weighted by Gasteiger charge is 2.31. The summed E-state index contributed by atoms with van der Waals surface area (Å²) in [5.41, 5.74) is -0.219. The van der Waals surface area contributed by atoms with Gasteiger partial charge in [-0.1, -0.05) is 13.8 Å². The van der Waals surface area contributed by atoms with E-state index in [1.54, 1.807) is 0 Å². The summed E-state index contributed by atoms with van der Waals surface area (Å²) in [4.78, 5) is 0. The molecule has 0 atom stereocenters. The molecule has 1 rings (SSSR count). The topological polar surface area (TPSA) is 35.8 Å². The van der Waals surface area contributed by atoms with Crippen LogP contribution in [0.2, 0.25) is 0 Å². The maximum atomic E-state index is 8.85. The fraction of sp³-hybridized carbons (Fsp3) is 0.917. The van der Waals surface area contributed by atoms with E-state index in [4.69, 9.17) is 5.26 Å². The molecule has 0 spiro atoms. The quantitative estimate of drug-likeness (QED) is 0.746. The summed E-state index contributed by atoms with van der Waals surface area (Å²) in [6.07, 6.45) is 2.58. The van der Waals surface area contributed by atoms with Gasteiger partial charge in [0.2, 0.25) is 0 Å². The summed E-state index contributed by atoms with van der Waals surface area (Å²) in [6, 6.07) is 2.98. The Balaban J connectivity index is 2.16. The van der Waals surface area contributed by atoms with Gasteiger partial charge >= 0.3 is 0 Å². The normalized spacial score (nSPS) is 27.1. The van der Waals surface area contributed by atoms with Crippen molar-refractivity contribution in [1.29, 1.82) is 5.26 Å². The molecule has 0 bridgehead atoms. The highest BCUT2D eigenvalue weighted by atomic mass is 14.9. The van der Waals surface area contributed by atoms with E-state index in [0.29, 0.717) is 6.04 Å². The Labute approximate surface area is 87.7 Å². The van der Waals surface area contributed by atoms with Crippen molar-refractivity contribution in [1.82, 2.24) is 5.32 Å². The molecule has 14 heavy (non-hydrogen) atoms. The van der Waals surface area contributed by atoms with Crippen molar-refractivity contribution in [3.05, 3.63) is 0 Å². The van der Waals surface area contributed by atoms with Gasteiger partial charge in [0.25, 0.3) is 0 Å². The molecule has 0 aliphatic heterocycles. The van der Waals surface area contributed by atoms with E-state index in [1.165, 1.54) is 12.8 Å². The second-order valence-electron chi connectivity index (χ2n) is 5.55. The van der Waals surface area contributed by atoms with Gasteiger partial charge in [-0.3, -0.25) is 0 Å². The molecule has 0 radical (unpaired) electrons. The second kappa shape index (κ2) is 4.31. The first kappa shape index (κ1) is 11.5. The Bertz CT molecular complexity index is 219. The smallest absolute Gasteiger partial charge is 0.0697 e. The first-order valence-electron chi connectivity index (χ1n) is 5.59. The molecule has 2 nitrogen and oxygen atoms in total. The van der Waals surface area contributed by atoms with Crippen LogP contribution in [0, 0.1) is 28.6 Å². The lowest BCUT2D eigenvalue weighted by atomic mass is 9.73. The highest BCUT2D eigenvalue weighted by molar-refractivity contribution is 4.95. The van der Waals surface area contributed by atoms with E-state index >= 15 is 0 Å². The SMILES string of the molecule is CC(C)C1CC(NCC(C)(C)C#N)C1. The van der Waals surface area contributed by atoms with Crippen molar-refractivity contribution in [2.45, 2.75) is 46.6 Å². The van der Waals surface area contributed by atoms with Crippen LogP contribution in [-0.2, 0) is 0 Å². The zero-order valence-electron chi connectivity index (χ0n) is 9.80. The van der Waals surface area contributed by atoms with Crippen LogP contribution in [0.25, 0.3) is 0 Å². The fourth-order valence-corrected chi connectivity index (χ4v) is 1.81. The number of rotatable bonds is 4. The van der Waals surface area contributed by atoms with Crippen LogP contribution >= 0.6 is 0 Å². The van der Waals surface area contributed by atoms with Crippen molar-refractivity contribution in [3.8, 4) is 6.07 Å². The Morgan fingerprint density at radius 3 is 2.43 bits per heavy atom. The van der Waals surface area contributed by atoms with E-state index in [-0.39, 0.29) is 5.41 Å². The Morgan fingerprint density at radius 1 is 1.43 bits per heavy atom. The van der Waals surface area contributed by atoms with Crippen molar-refractivity contribution >= 4 is 0 Å². The Morgan fingerprint density at radius 2 is 2.00 bits per heavy atom. The van der Waals surface area contributed by atoms with Crippen molar-refractivity contribution in [2.24, 2.45) is 17.3 Å². The van der Waals surface area contributed by atoms with Crippen LogP contribution in [0.5, 0.6) is 0 Å². The van der Waals surface area contributed by atoms with E-state index in [9.17, 15) is 0 Å². The van der Waals surface area contributed by atoms with Crippen LogP contribution in [0.4, 0.5) is 0 Å². The number of nitrogens with zero attached hydrogens (tertiary/aromatic N) is 1. The van der Waals surface area contributed by atoms with Crippen molar-refractivity contribution in [3.63, 3.8) is 0 Å². The maximum Gasteiger partial charge on any atom is 0.0697 e. The Kier molecular flexibility index (Phi) is 3.55. The molecule has 80 valence electrons. The van der Waals surface area contributed by atoms with E-state index < -0.39 is 0 Å². The van der Waals surface area contributed by atoms with Gasteiger partial charge in [0.15, 0.2) is 0 Å². The standard InChI is InChI=1S/C12H22N2/c1-9(2)10-5-11(6-10)14-8-12(3,4)7-13/h9-11,14H,5-6,8H2,1-4H3. The molecule has 2 heteroatoms. The molecule has 0 saturated heterocycles. The monoisotopic (exact) mass is 194 g/mol. The summed E-state index contributed by atoms with van der Waals surface area (Å²) >= 11 is 0. The summed E-state index contributed by atoms with van der Waals surface area (Å²) in [5.74, 6) is 1.72. The number of hydrogen-bond donors (Lipinski definition) is 1. The van der Waals surface area contributed by atoms with Crippen LogP contribution < -0.4 is 5.32 Å². The summed E-state index contributed by atoms with van der Waals surface area (Å²) < 4.78 is 0. The minimum atomic E-state index is -0.219. The maximum absolute atomic E-state index is 8.85. The molecule has 0 unspecified atom stereocenters. The largest absolute Gasteiger partial charge is 0.312 e. The van der Waals surface area contributed by atoms with Gasteiger partial charge in [-0.15, -0.1) is 0 Å². The number of hydrogen-bond acceptors (Lipinski definition) is 2. The lowest BCUT2D eigenvalue weighted by Gasteiger charge is -2.39. The van der Waals surface area contributed by atoms with Gasteiger partial charge in [0.05, 0.1) is 11.5 Å². The predicted octanol–water partition coefficient (Wildman–Crippen LogP) is 2.56. The number of nitrogens with one attached hydrogen (secondary N) is 1. The van der Waals surface area contributed by atoms with Gasteiger partial charge in [-0.05, 0) is 38.5 Å².